The summed E-state index contributed by atoms with van der Waals surface area (Å²) >= 11 is 5.71. The molecule has 0 spiro atoms. The van der Waals surface area contributed by atoms with Gasteiger partial charge in [0, 0.05) is 29.5 Å². The average Bonchev–Trinajstić information content (AvgIpc) is 3.30. The van der Waals surface area contributed by atoms with E-state index < -0.39 is 6.04 Å². The molecule has 1 aliphatic rings. The molecule has 4 rings (SSSR count). The number of aromatic nitrogens is 2. The summed E-state index contributed by atoms with van der Waals surface area (Å²) in [5, 5.41) is 3.89. The second-order valence-corrected chi connectivity index (χ2v) is 7.72. The van der Waals surface area contributed by atoms with Crippen molar-refractivity contribution in [3.63, 3.8) is 0 Å². The fraction of sp³-hybridized carbons (Fsp3) is 0.208. The van der Waals surface area contributed by atoms with Crippen molar-refractivity contribution in [3.8, 4) is 5.69 Å². The van der Waals surface area contributed by atoms with Crippen molar-refractivity contribution in [1.29, 1.82) is 0 Å². The van der Waals surface area contributed by atoms with Crippen molar-refractivity contribution in [1.82, 2.24) is 14.9 Å². The highest BCUT2D eigenvalue weighted by Gasteiger charge is 2.35. The first-order valence-corrected chi connectivity index (χ1v) is 10.5. The Bertz CT molecular complexity index is 1120. The average molecular weight is 433 g/mol. The molecule has 7 heteroatoms. The zero-order valence-corrected chi connectivity index (χ0v) is 18.5. The number of rotatable bonds is 5. The molecule has 1 atom stereocenters. The molecule has 0 saturated heterocycles. The van der Waals surface area contributed by atoms with E-state index in [9.17, 15) is 4.79 Å². The van der Waals surface area contributed by atoms with E-state index in [4.69, 9.17) is 17.0 Å². The Balaban J connectivity index is 1.76. The Labute approximate surface area is 187 Å². The molecule has 0 fully saturated rings. The van der Waals surface area contributed by atoms with Crippen LogP contribution < -0.4 is 10.2 Å². The number of carbonyl (C=O) groups is 1. The number of allylic oxidation sites excluding steroid dienone is 1. The molecule has 0 saturated carbocycles. The summed E-state index contributed by atoms with van der Waals surface area (Å²) in [5.41, 5.74) is 5.27. The first-order chi connectivity index (χ1) is 15.0. The van der Waals surface area contributed by atoms with Gasteiger partial charge < -0.3 is 14.6 Å². The highest BCUT2D eigenvalue weighted by atomic mass is 32.1. The van der Waals surface area contributed by atoms with E-state index in [1.165, 1.54) is 0 Å². The van der Waals surface area contributed by atoms with Crippen LogP contribution in [0.4, 0.5) is 5.69 Å². The fourth-order valence-electron chi connectivity index (χ4n) is 3.72. The number of nitrogens with one attached hydrogen (secondary N) is 1. The van der Waals surface area contributed by atoms with Gasteiger partial charge in [-0.2, -0.15) is 0 Å². The highest BCUT2D eigenvalue weighted by molar-refractivity contribution is 7.80. The highest BCUT2D eigenvalue weighted by Crippen LogP contribution is 2.34. The van der Waals surface area contributed by atoms with E-state index in [1.807, 2.05) is 78.0 Å². The molecule has 3 aromatic rings. The van der Waals surface area contributed by atoms with Crippen LogP contribution in [0.25, 0.3) is 5.69 Å². The molecule has 0 bridgehead atoms. The number of nitrogens with zero attached hydrogens (tertiary/aromatic N) is 3. The number of hydrogen-bond donors (Lipinski definition) is 1. The monoisotopic (exact) mass is 432 g/mol. The molecular formula is C24H24N4O2S. The quantitative estimate of drug-likeness (QED) is 0.475. The van der Waals surface area contributed by atoms with Gasteiger partial charge in [0.05, 0.1) is 24.5 Å². The third-order valence-corrected chi connectivity index (χ3v) is 5.60. The SMILES string of the molecule is CCOC(=O)C1=C(C)N(c2ccc(C)cc2)C(=S)NC1c1ccc(-n2ccnc2)cc1. The van der Waals surface area contributed by atoms with Crippen molar-refractivity contribution >= 4 is 29.0 Å². The minimum Gasteiger partial charge on any atom is -0.463 e. The van der Waals surface area contributed by atoms with Crippen LogP contribution in [0.2, 0.25) is 0 Å². The summed E-state index contributed by atoms with van der Waals surface area (Å²) in [6.45, 7) is 6.05. The number of imidazole rings is 1. The number of ether oxygens (including phenoxy) is 1. The Morgan fingerprint density at radius 2 is 1.77 bits per heavy atom. The van der Waals surface area contributed by atoms with Crippen molar-refractivity contribution < 1.29 is 9.53 Å². The maximum absolute atomic E-state index is 13.0. The number of esters is 1. The minimum absolute atomic E-state index is 0.302. The molecule has 0 amide bonds. The lowest BCUT2D eigenvalue weighted by Gasteiger charge is -2.37. The van der Waals surface area contributed by atoms with E-state index in [-0.39, 0.29) is 5.97 Å². The Morgan fingerprint density at radius 1 is 1.10 bits per heavy atom. The molecular weight excluding hydrogens is 408 g/mol. The summed E-state index contributed by atoms with van der Waals surface area (Å²) in [7, 11) is 0. The standard InChI is InChI=1S/C24H24N4O2S/c1-4-30-23(29)21-17(3)28(20-9-5-16(2)6-10-20)24(31)26-22(21)18-7-11-19(12-8-18)27-14-13-25-15-27/h5-15,22H,4H2,1-3H3,(H,26,31). The van der Waals surface area contributed by atoms with E-state index in [0.29, 0.717) is 17.3 Å². The van der Waals surface area contributed by atoms with Gasteiger partial charge in [-0.25, -0.2) is 9.78 Å². The van der Waals surface area contributed by atoms with Gasteiger partial charge >= 0.3 is 5.97 Å². The molecule has 1 N–H and O–H groups in total. The van der Waals surface area contributed by atoms with Gasteiger partial charge in [-0.05, 0) is 62.8 Å². The van der Waals surface area contributed by atoms with Gasteiger partial charge in [0.25, 0.3) is 0 Å². The lowest BCUT2D eigenvalue weighted by Crippen LogP contribution is -2.48. The summed E-state index contributed by atoms with van der Waals surface area (Å²) in [6, 6.07) is 15.6. The summed E-state index contributed by atoms with van der Waals surface area (Å²) in [4.78, 5) is 19.0. The maximum Gasteiger partial charge on any atom is 0.338 e. The molecule has 158 valence electrons. The van der Waals surface area contributed by atoms with E-state index in [2.05, 4.69) is 10.3 Å². The second-order valence-electron chi connectivity index (χ2n) is 7.33. The van der Waals surface area contributed by atoms with Gasteiger partial charge in [0.2, 0.25) is 0 Å². The molecule has 0 aliphatic carbocycles. The third kappa shape index (κ3) is 4.09. The van der Waals surface area contributed by atoms with E-state index in [0.717, 1.165) is 28.2 Å². The van der Waals surface area contributed by atoms with Crippen LogP contribution in [0, 0.1) is 6.92 Å². The van der Waals surface area contributed by atoms with Crippen LogP contribution in [0.15, 0.2) is 78.5 Å². The number of hydrogen-bond acceptors (Lipinski definition) is 4. The normalized spacial score (nSPS) is 16.3. The number of carbonyl (C=O) groups excluding carboxylic acids is 1. The zero-order valence-electron chi connectivity index (χ0n) is 17.7. The molecule has 0 radical (unpaired) electrons. The number of thiocarbonyl (C=S) groups is 1. The first-order valence-electron chi connectivity index (χ1n) is 10.1. The Hall–Kier alpha value is -3.45. The van der Waals surface area contributed by atoms with Gasteiger partial charge in [0.1, 0.15) is 0 Å². The van der Waals surface area contributed by atoms with Gasteiger partial charge in [-0.3, -0.25) is 4.90 Å². The second kappa shape index (κ2) is 8.73. The van der Waals surface area contributed by atoms with Crippen LogP contribution in [0.3, 0.4) is 0 Å². The Kier molecular flexibility index (Phi) is 5.86. The van der Waals surface area contributed by atoms with Gasteiger partial charge in [-0.15, -0.1) is 0 Å². The lowest BCUT2D eigenvalue weighted by molar-refractivity contribution is -0.139. The summed E-state index contributed by atoms with van der Waals surface area (Å²) in [5.74, 6) is -0.351. The van der Waals surface area contributed by atoms with Crippen molar-refractivity contribution in [2.45, 2.75) is 26.8 Å². The van der Waals surface area contributed by atoms with Crippen molar-refractivity contribution in [2.24, 2.45) is 0 Å². The number of anilines is 1. The van der Waals surface area contributed by atoms with Crippen LogP contribution in [0.1, 0.15) is 31.0 Å². The first kappa shape index (κ1) is 20.8. The van der Waals surface area contributed by atoms with Gasteiger partial charge in [0.15, 0.2) is 5.11 Å². The van der Waals surface area contributed by atoms with E-state index >= 15 is 0 Å². The number of aryl methyl sites for hydroxylation is 1. The van der Waals surface area contributed by atoms with E-state index in [1.54, 1.807) is 19.4 Å². The summed E-state index contributed by atoms with van der Waals surface area (Å²) < 4.78 is 7.33. The lowest BCUT2D eigenvalue weighted by atomic mass is 9.94. The molecule has 6 nitrogen and oxygen atoms in total. The molecule has 31 heavy (non-hydrogen) atoms. The predicted octanol–water partition coefficient (Wildman–Crippen LogP) is 4.45. The third-order valence-electron chi connectivity index (χ3n) is 5.30. The molecule has 2 aromatic carbocycles. The molecule has 1 aliphatic heterocycles. The summed E-state index contributed by atoms with van der Waals surface area (Å²) in [6.07, 6.45) is 5.37. The zero-order chi connectivity index (χ0) is 22.0. The van der Waals surface area contributed by atoms with Crippen LogP contribution in [-0.4, -0.2) is 27.2 Å². The topological polar surface area (TPSA) is 59.4 Å². The van der Waals surface area contributed by atoms with Crippen molar-refractivity contribution in [2.75, 3.05) is 11.5 Å². The minimum atomic E-state index is -0.398. The maximum atomic E-state index is 13.0. The predicted molar refractivity (Wildman–Crippen MR) is 125 cm³/mol. The van der Waals surface area contributed by atoms with Crippen LogP contribution in [-0.2, 0) is 9.53 Å². The fourth-order valence-corrected chi connectivity index (χ4v) is 4.08. The molecule has 1 unspecified atom stereocenters. The van der Waals surface area contributed by atoms with Crippen molar-refractivity contribution in [3.05, 3.63) is 89.6 Å². The molecule has 2 heterocycles. The largest absolute Gasteiger partial charge is 0.463 e. The van der Waals surface area contributed by atoms with Crippen LogP contribution in [0.5, 0.6) is 0 Å². The molecule has 1 aromatic heterocycles. The van der Waals surface area contributed by atoms with Gasteiger partial charge in [-0.1, -0.05) is 29.8 Å². The van der Waals surface area contributed by atoms with Crippen LogP contribution >= 0.6 is 12.2 Å². The Morgan fingerprint density at radius 3 is 2.39 bits per heavy atom. The number of benzene rings is 2. The smallest absolute Gasteiger partial charge is 0.338 e.